The molecule has 1 aliphatic heterocycles. The van der Waals surface area contributed by atoms with Gasteiger partial charge in [-0.2, -0.15) is 0 Å². The molecule has 0 radical (unpaired) electrons. The molecular weight excluding hydrogens is 252 g/mol. The zero-order chi connectivity index (χ0) is 14.7. The van der Waals surface area contributed by atoms with Crippen molar-refractivity contribution < 1.29 is 4.79 Å². The van der Waals surface area contributed by atoms with Crippen molar-refractivity contribution >= 4 is 11.7 Å². The van der Waals surface area contributed by atoms with Crippen molar-refractivity contribution in [3.63, 3.8) is 0 Å². The molecule has 1 fully saturated rings. The first-order valence-corrected chi connectivity index (χ1v) is 7.19. The fourth-order valence-corrected chi connectivity index (χ4v) is 2.80. The molecule has 0 bridgehead atoms. The predicted molar refractivity (Wildman–Crippen MR) is 80.8 cm³/mol. The highest BCUT2D eigenvalue weighted by molar-refractivity contribution is 5.94. The highest BCUT2D eigenvalue weighted by atomic mass is 16.2. The smallest absolute Gasteiger partial charge is 0.255 e. The van der Waals surface area contributed by atoms with Crippen LogP contribution in [0.1, 0.15) is 30.1 Å². The minimum absolute atomic E-state index is 0.0461. The fourth-order valence-electron chi connectivity index (χ4n) is 2.80. The molecule has 2 rings (SSSR count). The number of nitrogens with zero attached hydrogens (tertiary/aromatic N) is 3. The van der Waals surface area contributed by atoms with Crippen LogP contribution < -0.4 is 10.6 Å². The van der Waals surface area contributed by atoms with Crippen molar-refractivity contribution in [2.45, 2.75) is 25.8 Å². The molecule has 0 saturated carbocycles. The van der Waals surface area contributed by atoms with E-state index in [-0.39, 0.29) is 11.9 Å². The summed E-state index contributed by atoms with van der Waals surface area (Å²) in [6.45, 7) is 3.49. The van der Waals surface area contributed by atoms with Gasteiger partial charge < -0.3 is 15.5 Å². The Morgan fingerprint density at radius 2 is 2.25 bits per heavy atom. The van der Waals surface area contributed by atoms with E-state index in [1.807, 2.05) is 36.0 Å². The molecule has 0 spiro atoms. The summed E-state index contributed by atoms with van der Waals surface area (Å²) in [4.78, 5) is 20.8. The third kappa shape index (κ3) is 2.93. The molecule has 5 heteroatoms. The van der Waals surface area contributed by atoms with Gasteiger partial charge in [0.25, 0.3) is 5.91 Å². The van der Waals surface area contributed by atoms with E-state index in [0.29, 0.717) is 18.0 Å². The van der Waals surface area contributed by atoms with Crippen LogP contribution in [0.3, 0.4) is 0 Å². The molecular formula is C15H24N4O. The number of hydrogen-bond acceptors (Lipinski definition) is 4. The number of aromatic nitrogens is 1. The predicted octanol–water partition coefficient (Wildman–Crippen LogP) is 1.35. The molecule has 2 N–H and O–H groups in total. The van der Waals surface area contributed by atoms with E-state index < -0.39 is 0 Å². The van der Waals surface area contributed by atoms with Crippen molar-refractivity contribution in [2.24, 2.45) is 11.7 Å². The van der Waals surface area contributed by atoms with Crippen LogP contribution in [-0.4, -0.2) is 49.0 Å². The maximum Gasteiger partial charge on any atom is 0.255 e. The summed E-state index contributed by atoms with van der Waals surface area (Å²) >= 11 is 0. The quantitative estimate of drug-likeness (QED) is 0.905. The minimum atomic E-state index is 0.0461. The zero-order valence-electron chi connectivity index (χ0n) is 12.5. The number of hydrogen-bond donors (Lipinski definition) is 1. The maximum absolute atomic E-state index is 12.6. The van der Waals surface area contributed by atoms with Gasteiger partial charge in [0.2, 0.25) is 0 Å². The number of amides is 1. The summed E-state index contributed by atoms with van der Waals surface area (Å²) in [6, 6.07) is 3.86. The average molecular weight is 276 g/mol. The molecule has 20 heavy (non-hydrogen) atoms. The number of rotatable bonds is 3. The van der Waals surface area contributed by atoms with Gasteiger partial charge in [-0.05, 0) is 30.9 Å². The number of carbonyl (C=O) groups is 1. The largest absolute Gasteiger partial charge is 0.363 e. The SMILES string of the molecule is C[C@@H]1CCCN(C(=O)c2ccc(N(C)C)nc2)[C@@H]1CN. The minimum Gasteiger partial charge on any atom is -0.363 e. The molecule has 1 saturated heterocycles. The van der Waals surface area contributed by atoms with Gasteiger partial charge in [-0.25, -0.2) is 4.98 Å². The highest BCUT2D eigenvalue weighted by Gasteiger charge is 2.31. The van der Waals surface area contributed by atoms with Crippen LogP contribution >= 0.6 is 0 Å². The van der Waals surface area contributed by atoms with Gasteiger partial charge in [-0.3, -0.25) is 4.79 Å². The molecule has 1 amide bonds. The summed E-state index contributed by atoms with van der Waals surface area (Å²) in [6.07, 6.45) is 3.85. The monoisotopic (exact) mass is 276 g/mol. The van der Waals surface area contributed by atoms with Gasteiger partial charge in [-0.15, -0.1) is 0 Å². The maximum atomic E-state index is 12.6. The number of pyridine rings is 1. The first-order chi connectivity index (χ1) is 9.54. The van der Waals surface area contributed by atoms with E-state index in [2.05, 4.69) is 11.9 Å². The Morgan fingerprint density at radius 1 is 1.50 bits per heavy atom. The number of nitrogens with two attached hydrogens (primary N) is 1. The normalized spacial score (nSPS) is 22.7. The molecule has 1 aliphatic rings. The van der Waals surface area contributed by atoms with Gasteiger partial charge in [0.1, 0.15) is 5.82 Å². The lowest BCUT2D eigenvalue weighted by molar-refractivity contribution is 0.0532. The second kappa shape index (κ2) is 6.22. The molecule has 0 aliphatic carbocycles. The molecule has 0 unspecified atom stereocenters. The van der Waals surface area contributed by atoms with E-state index in [0.717, 1.165) is 25.2 Å². The first kappa shape index (κ1) is 14.8. The topological polar surface area (TPSA) is 62.5 Å². The Balaban J connectivity index is 2.17. The zero-order valence-corrected chi connectivity index (χ0v) is 12.5. The Labute approximate surface area is 120 Å². The molecule has 1 aromatic rings. The number of piperidine rings is 1. The van der Waals surface area contributed by atoms with Gasteiger partial charge in [0.15, 0.2) is 0 Å². The van der Waals surface area contributed by atoms with Crippen LogP contribution in [0, 0.1) is 5.92 Å². The van der Waals surface area contributed by atoms with Gasteiger partial charge in [0, 0.05) is 39.4 Å². The summed E-state index contributed by atoms with van der Waals surface area (Å²) < 4.78 is 0. The fraction of sp³-hybridized carbons (Fsp3) is 0.600. The molecule has 2 atom stereocenters. The Morgan fingerprint density at radius 3 is 2.80 bits per heavy atom. The number of likely N-dealkylation sites (tertiary alicyclic amines) is 1. The van der Waals surface area contributed by atoms with Gasteiger partial charge in [-0.1, -0.05) is 6.92 Å². The molecule has 1 aromatic heterocycles. The summed E-state index contributed by atoms with van der Waals surface area (Å²) in [5.74, 6) is 1.36. The molecule has 0 aromatic carbocycles. The summed E-state index contributed by atoms with van der Waals surface area (Å²) in [7, 11) is 3.86. The van der Waals surface area contributed by atoms with Crippen LogP contribution in [0.4, 0.5) is 5.82 Å². The van der Waals surface area contributed by atoms with Crippen LogP contribution in [0.2, 0.25) is 0 Å². The number of carbonyl (C=O) groups excluding carboxylic acids is 1. The van der Waals surface area contributed by atoms with Crippen molar-refractivity contribution in [1.29, 1.82) is 0 Å². The van der Waals surface area contributed by atoms with Gasteiger partial charge in [0.05, 0.1) is 5.56 Å². The third-order valence-electron chi connectivity index (χ3n) is 4.07. The van der Waals surface area contributed by atoms with Crippen LogP contribution in [0.15, 0.2) is 18.3 Å². The van der Waals surface area contributed by atoms with E-state index in [1.165, 1.54) is 0 Å². The van der Waals surface area contributed by atoms with Crippen LogP contribution in [0.25, 0.3) is 0 Å². The summed E-state index contributed by atoms with van der Waals surface area (Å²) in [5.41, 5.74) is 6.49. The molecule has 2 heterocycles. The Hall–Kier alpha value is -1.62. The van der Waals surface area contributed by atoms with Crippen LogP contribution in [-0.2, 0) is 0 Å². The van der Waals surface area contributed by atoms with E-state index in [1.54, 1.807) is 6.20 Å². The summed E-state index contributed by atoms with van der Waals surface area (Å²) in [5, 5.41) is 0. The lowest BCUT2D eigenvalue weighted by atomic mass is 9.90. The standard InChI is InChI=1S/C15H24N4O/c1-11-5-4-8-19(13(11)9-16)15(20)12-6-7-14(17-10-12)18(2)3/h6-7,10-11,13H,4-5,8-9,16H2,1-3H3/t11-,13-/m1/s1. The van der Waals surface area contributed by atoms with E-state index in [9.17, 15) is 4.79 Å². The Kier molecular flexibility index (Phi) is 4.60. The lowest BCUT2D eigenvalue weighted by Crippen LogP contribution is -2.51. The number of anilines is 1. The second-order valence-corrected chi connectivity index (χ2v) is 5.72. The first-order valence-electron chi connectivity index (χ1n) is 7.19. The average Bonchev–Trinajstić information content (AvgIpc) is 2.46. The van der Waals surface area contributed by atoms with Crippen molar-refractivity contribution in [3.8, 4) is 0 Å². The second-order valence-electron chi connectivity index (χ2n) is 5.72. The third-order valence-corrected chi connectivity index (χ3v) is 4.07. The van der Waals surface area contributed by atoms with Crippen molar-refractivity contribution in [1.82, 2.24) is 9.88 Å². The van der Waals surface area contributed by atoms with Gasteiger partial charge >= 0.3 is 0 Å². The van der Waals surface area contributed by atoms with Crippen LogP contribution in [0.5, 0.6) is 0 Å². The molecule has 110 valence electrons. The van der Waals surface area contributed by atoms with E-state index in [4.69, 9.17) is 5.73 Å². The van der Waals surface area contributed by atoms with Crippen molar-refractivity contribution in [2.75, 3.05) is 32.1 Å². The molecule has 5 nitrogen and oxygen atoms in total. The Bertz CT molecular complexity index is 457. The lowest BCUT2D eigenvalue weighted by Gasteiger charge is -2.39. The highest BCUT2D eigenvalue weighted by Crippen LogP contribution is 2.24. The van der Waals surface area contributed by atoms with E-state index >= 15 is 0 Å². The van der Waals surface area contributed by atoms with Crippen molar-refractivity contribution in [3.05, 3.63) is 23.9 Å².